The second kappa shape index (κ2) is 41.3. The normalized spacial score (nSPS) is 13.9. The van der Waals surface area contributed by atoms with Gasteiger partial charge in [0, 0.05) is 19.4 Å². The Morgan fingerprint density at radius 3 is 1.56 bits per heavy atom. The summed E-state index contributed by atoms with van der Waals surface area (Å²) in [6.45, 7) is 3.41. The smallest absolute Gasteiger partial charge is 0.463 e. The molecule has 0 bridgehead atoms. The summed E-state index contributed by atoms with van der Waals surface area (Å²) in [5.74, 6) is -0.530. The quantitative estimate of drug-likeness (QED) is 0.0242. The Balaban J connectivity index is 3.62. The number of aliphatic hydroxyl groups excluding tert-OH is 1. The Bertz CT molecular complexity index is 1090. The number of phosphoric acid groups is 1. The predicted octanol–water partition coefficient (Wildman–Crippen LogP) is 12.1. The van der Waals surface area contributed by atoms with Crippen molar-refractivity contribution in [2.75, 3.05) is 26.4 Å². The van der Waals surface area contributed by atoms with E-state index in [1.807, 2.05) is 0 Å². The van der Waals surface area contributed by atoms with E-state index in [1.165, 1.54) is 77.0 Å². The molecular formula is C45H80NO8P. The van der Waals surface area contributed by atoms with Crippen LogP contribution in [0.2, 0.25) is 0 Å². The van der Waals surface area contributed by atoms with Gasteiger partial charge in [-0.1, -0.05) is 171 Å². The zero-order valence-electron chi connectivity index (χ0n) is 34.9. The fourth-order valence-corrected chi connectivity index (χ4v) is 6.46. The molecule has 0 spiro atoms. The largest absolute Gasteiger partial charge is 0.472 e. The molecule has 0 aromatic heterocycles. The number of unbranched alkanes of at least 4 members (excludes halogenated alkanes) is 17. The summed E-state index contributed by atoms with van der Waals surface area (Å²) in [6, 6.07) is 0. The van der Waals surface area contributed by atoms with E-state index in [9.17, 15) is 24.2 Å². The number of rotatable bonds is 40. The molecule has 0 saturated heterocycles. The zero-order chi connectivity index (χ0) is 40.3. The molecule has 2 atom stereocenters. The number of ether oxygens (including phenoxy) is 1. The minimum absolute atomic E-state index is 0.0733. The van der Waals surface area contributed by atoms with Crippen molar-refractivity contribution in [3.8, 4) is 0 Å². The summed E-state index contributed by atoms with van der Waals surface area (Å²) in [7, 11) is -4.42. The molecule has 0 aliphatic carbocycles. The Labute approximate surface area is 336 Å². The molecule has 0 rings (SSSR count). The molecule has 318 valence electrons. The molecule has 0 heterocycles. The van der Waals surface area contributed by atoms with E-state index in [1.54, 1.807) is 0 Å². The minimum Gasteiger partial charge on any atom is -0.463 e. The van der Waals surface area contributed by atoms with Crippen molar-refractivity contribution in [1.82, 2.24) is 5.32 Å². The van der Waals surface area contributed by atoms with E-state index in [0.29, 0.717) is 6.42 Å². The van der Waals surface area contributed by atoms with Gasteiger partial charge in [0.05, 0.1) is 13.2 Å². The molecule has 10 heteroatoms. The topological polar surface area (TPSA) is 131 Å². The second-order valence-corrected chi connectivity index (χ2v) is 15.7. The first-order chi connectivity index (χ1) is 26.8. The van der Waals surface area contributed by atoms with Gasteiger partial charge in [-0.3, -0.25) is 18.6 Å². The lowest BCUT2D eigenvalue weighted by Crippen LogP contribution is -2.27. The van der Waals surface area contributed by atoms with Gasteiger partial charge in [0.2, 0.25) is 5.91 Å². The van der Waals surface area contributed by atoms with E-state index >= 15 is 0 Å². The standard InChI is InChI=1S/C45H80NO8P/c1-3-5-7-9-11-13-15-16-17-18-19-20-21-22-23-24-25-26-28-29-31-33-35-37-44(48)46-39-40-53-55(50,51)54-42-43(47)41-52-45(49)38-36-34-32-30-27-14-12-10-8-6-4-2/h5,7,11,13,16-17,19-20,22-23,43,47H,3-4,6,8-10,12,14-15,18,21,24-42H2,1-2H3,(H,46,48)(H,50,51)/b7-5-,13-11-,17-16-,20-19-,23-22-. The van der Waals surface area contributed by atoms with Gasteiger partial charge in [0.15, 0.2) is 0 Å². The number of phosphoric ester groups is 1. The fraction of sp³-hybridized carbons (Fsp3) is 0.733. The summed E-state index contributed by atoms with van der Waals surface area (Å²) in [5, 5.41) is 12.7. The number of hydrogen-bond donors (Lipinski definition) is 3. The lowest BCUT2D eigenvalue weighted by Gasteiger charge is -2.15. The molecular weight excluding hydrogens is 713 g/mol. The molecule has 9 nitrogen and oxygen atoms in total. The van der Waals surface area contributed by atoms with Crippen molar-refractivity contribution in [1.29, 1.82) is 0 Å². The van der Waals surface area contributed by atoms with Crippen molar-refractivity contribution >= 4 is 19.7 Å². The molecule has 3 N–H and O–H groups in total. The van der Waals surface area contributed by atoms with Gasteiger partial charge in [-0.15, -0.1) is 0 Å². The van der Waals surface area contributed by atoms with Crippen LogP contribution in [0.1, 0.15) is 181 Å². The van der Waals surface area contributed by atoms with Crippen molar-refractivity contribution in [2.24, 2.45) is 0 Å². The number of allylic oxidation sites excluding steroid dienone is 10. The van der Waals surface area contributed by atoms with Crippen LogP contribution < -0.4 is 5.32 Å². The molecule has 0 aliphatic rings. The van der Waals surface area contributed by atoms with E-state index in [4.69, 9.17) is 13.8 Å². The third kappa shape index (κ3) is 42.7. The summed E-state index contributed by atoms with van der Waals surface area (Å²) in [6.07, 6.45) is 48.7. The van der Waals surface area contributed by atoms with E-state index in [-0.39, 0.29) is 32.1 Å². The lowest BCUT2D eigenvalue weighted by atomic mass is 10.1. The van der Waals surface area contributed by atoms with Gasteiger partial charge in [-0.05, 0) is 57.8 Å². The number of amides is 1. The maximum absolute atomic E-state index is 12.1. The van der Waals surface area contributed by atoms with E-state index in [2.05, 4.69) is 79.9 Å². The Morgan fingerprint density at radius 1 is 0.582 bits per heavy atom. The third-order valence-electron chi connectivity index (χ3n) is 8.96. The summed E-state index contributed by atoms with van der Waals surface area (Å²) in [5.41, 5.74) is 0. The zero-order valence-corrected chi connectivity index (χ0v) is 35.7. The van der Waals surface area contributed by atoms with Crippen LogP contribution in [0, 0.1) is 0 Å². The molecule has 55 heavy (non-hydrogen) atoms. The van der Waals surface area contributed by atoms with Gasteiger partial charge in [0.25, 0.3) is 0 Å². The maximum Gasteiger partial charge on any atom is 0.472 e. The highest BCUT2D eigenvalue weighted by atomic mass is 31.2. The van der Waals surface area contributed by atoms with Crippen molar-refractivity contribution in [2.45, 2.75) is 187 Å². The molecule has 0 saturated carbocycles. The number of carbonyl (C=O) groups excluding carboxylic acids is 2. The first-order valence-electron chi connectivity index (χ1n) is 21.8. The fourth-order valence-electron chi connectivity index (χ4n) is 5.70. The highest BCUT2D eigenvalue weighted by molar-refractivity contribution is 7.47. The van der Waals surface area contributed by atoms with Crippen LogP contribution in [0.5, 0.6) is 0 Å². The van der Waals surface area contributed by atoms with E-state index in [0.717, 1.165) is 77.0 Å². The molecule has 0 aromatic rings. The first kappa shape index (κ1) is 52.7. The Morgan fingerprint density at radius 2 is 1.04 bits per heavy atom. The molecule has 1 amide bonds. The summed E-state index contributed by atoms with van der Waals surface area (Å²) in [4.78, 5) is 33.9. The molecule has 0 fully saturated rings. The van der Waals surface area contributed by atoms with Crippen LogP contribution in [0.3, 0.4) is 0 Å². The Kier molecular flexibility index (Phi) is 39.6. The number of hydrogen-bond acceptors (Lipinski definition) is 7. The van der Waals surface area contributed by atoms with Crippen LogP contribution in [-0.4, -0.2) is 54.3 Å². The molecule has 0 aliphatic heterocycles. The Hall–Kier alpha value is -2.29. The molecule has 0 radical (unpaired) electrons. The third-order valence-corrected chi connectivity index (χ3v) is 9.95. The van der Waals surface area contributed by atoms with Gasteiger partial charge in [-0.2, -0.15) is 0 Å². The highest BCUT2D eigenvalue weighted by Crippen LogP contribution is 2.42. The first-order valence-corrected chi connectivity index (χ1v) is 23.3. The average Bonchev–Trinajstić information content (AvgIpc) is 3.17. The number of esters is 1. The van der Waals surface area contributed by atoms with Crippen LogP contribution in [0.15, 0.2) is 60.8 Å². The van der Waals surface area contributed by atoms with Crippen molar-refractivity contribution < 1.29 is 37.9 Å². The van der Waals surface area contributed by atoms with Crippen LogP contribution >= 0.6 is 7.82 Å². The summed E-state index contributed by atoms with van der Waals surface area (Å²) >= 11 is 0. The van der Waals surface area contributed by atoms with Crippen molar-refractivity contribution in [3.63, 3.8) is 0 Å². The minimum atomic E-state index is -4.42. The number of carbonyl (C=O) groups is 2. The summed E-state index contributed by atoms with van der Waals surface area (Å²) < 4.78 is 26.8. The highest BCUT2D eigenvalue weighted by Gasteiger charge is 2.23. The lowest BCUT2D eigenvalue weighted by molar-refractivity contribution is -0.147. The SMILES string of the molecule is CC/C=C\C/C=C\C/C=C\C/C=C\C/C=C\CCCCCCCCCC(=O)NCCOP(=O)(O)OCC(O)COC(=O)CCCCCCCCCCCCC. The van der Waals surface area contributed by atoms with Gasteiger partial charge in [0.1, 0.15) is 12.7 Å². The van der Waals surface area contributed by atoms with Gasteiger partial charge >= 0.3 is 13.8 Å². The maximum atomic E-state index is 12.1. The van der Waals surface area contributed by atoms with Gasteiger partial charge < -0.3 is 20.1 Å². The van der Waals surface area contributed by atoms with Crippen LogP contribution in [0.4, 0.5) is 0 Å². The van der Waals surface area contributed by atoms with Gasteiger partial charge in [-0.25, -0.2) is 4.57 Å². The number of aliphatic hydroxyl groups is 1. The average molecular weight is 794 g/mol. The van der Waals surface area contributed by atoms with Crippen LogP contribution in [-0.2, 0) is 27.9 Å². The monoisotopic (exact) mass is 794 g/mol. The number of nitrogens with one attached hydrogen (secondary N) is 1. The second-order valence-electron chi connectivity index (χ2n) is 14.3. The van der Waals surface area contributed by atoms with E-state index < -0.39 is 26.5 Å². The van der Waals surface area contributed by atoms with Crippen LogP contribution in [0.25, 0.3) is 0 Å². The molecule has 2 unspecified atom stereocenters. The molecule has 0 aromatic carbocycles. The predicted molar refractivity (Wildman–Crippen MR) is 229 cm³/mol. The van der Waals surface area contributed by atoms with Crippen molar-refractivity contribution in [3.05, 3.63) is 60.8 Å².